The maximum absolute atomic E-state index is 12.5. The topological polar surface area (TPSA) is 101 Å². The third-order valence-corrected chi connectivity index (χ3v) is 5.59. The summed E-state index contributed by atoms with van der Waals surface area (Å²) in [6.07, 6.45) is 1.78. The fourth-order valence-electron chi connectivity index (χ4n) is 2.80. The Labute approximate surface area is 118 Å². The molecule has 0 aromatic carbocycles. The normalized spacial score (nSPS) is 23.1. The predicted octanol–water partition coefficient (Wildman–Crippen LogP) is 0.569. The molecule has 0 bridgehead atoms. The molecule has 0 aliphatic heterocycles. The molecule has 0 amide bonds. The molecule has 8 heteroatoms. The third kappa shape index (κ3) is 2.57. The maximum Gasteiger partial charge on any atom is 0.308 e. The molecule has 2 N–H and O–H groups in total. The van der Waals surface area contributed by atoms with Crippen LogP contribution in [0, 0.1) is 19.8 Å². The van der Waals surface area contributed by atoms with Crippen molar-refractivity contribution in [2.75, 3.05) is 0 Å². The Bertz CT molecular complexity index is 635. The van der Waals surface area contributed by atoms with E-state index in [0.717, 1.165) is 6.42 Å². The van der Waals surface area contributed by atoms with Crippen molar-refractivity contribution in [3.8, 4) is 0 Å². The first-order valence-electron chi connectivity index (χ1n) is 6.49. The SMILES string of the molecule is Cc1nn(C)c(C)c1S(=O)(=O)NC1CCCC1C(=O)O. The first kappa shape index (κ1) is 15.0. The molecule has 1 aliphatic rings. The summed E-state index contributed by atoms with van der Waals surface area (Å²) in [5, 5.41) is 13.2. The van der Waals surface area contributed by atoms with Crippen LogP contribution in [0.25, 0.3) is 0 Å². The lowest BCUT2D eigenvalue weighted by Crippen LogP contribution is -2.40. The average Bonchev–Trinajstić information content (AvgIpc) is 2.84. The number of hydrogen-bond acceptors (Lipinski definition) is 4. The molecule has 1 aliphatic carbocycles. The van der Waals surface area contributed by atoms with Crippen molar-refractivity contribution in [1.29, 1.82) is 0 Å². The van der Waals surface area contributed by atoms with Gasteiger partial charge in [-0.2, -0.15) is 5.10 Å². The van der Waals surface area contributed by atoms with Gasteiger partial charge in [-0.15, -0.1) is 0 Å². The lowest BCUT2D eigenvalue weighted by Gasteiger charge is -2.17. The van der Waals surface area contributed by atoms with E-state index in [9.17, 15) is 13.2 Å². The largest absolute Gasteiger partial charge is 0.481 e. The molecule has 20 heavy (non-hydrogen) atoms. The Balaban J connectivity index is 2.30. The summed E-state index contributed by atoms with van der Waals surface area (Å²) >= 11 is 0. The van der Waals surface area contributed by atoms with Gasteiger partial charge in [0, 0.05) is 13.1 Å². The molecule has 7 nitrogen and oxygen atoms in total. The van der Waals surface area contributed by atoms with Crippen LogP contribution in [0.3, 0.4) is 0 Å². The molecule has 1 aromatic rings. The van der Waals surface area contributed by atoms with Crippen LogP contribution in [0.15, 0.2) is 4.90 Å². The second-order valence-electron chi connectivity index (χ2n) is 5.23. The van der Waals surface area contributed by atoms with E-state index in [2.05, 4.69) is 9.82 Å². The number of carboxylic acid groups (broad SMARTS) is 1. The Hall–Kier alpha value is -1.41. The van der Waals surface area contributed by atoms with Crippen LogP contribution in [0.5, 0.6) is 0 Å². The van der Waals surface area contributed by atoms with Gasteiger partial charge in [-0.25, -0.2) is 13.1 Å². The van der Waals surface area contributed by atoms with Crippen LogP contribution in [-0.2, 0) is 21.9 Å². The van der Waals surface area contributed by atoms with Crippen LogP contribution in [0.4, 0.5) is 0 Å². The number of hydrogen-bond donors (Lipinski definition) is 2. The molecule has 1 aromatic heterocycles. The highest BCUT2D eigenvalue weighted by atomic mass is 32.2. The summed E-state index contributed by atoms with van der Waals surface area (Å²) < 4.78 is 29.0. The standard InChI is InChI=1S/C12H19N3O4S/c1-7-11(8(2)15(3)13-7)20(18,19)14-10-6-4-5-9(10)12(16)17/h9-10,14H,4-6H2,1-3H3,(H,16,17). The Morgan fingerprint density at radius 3 is 2.55 bits per heavy atom. The number of nitrogens with zero attached hydrogens (tertiary/aromatic N) is 2. The van der Waals surface area contributed by atoms with Crippen molar-refractivity contribution in [3.05, 3.63) is 11.4 Å². The number of carbonyl (C=O) groups is 1. The minimum atomic E-state index is -3.75. The van der Waals surface area contributed by atoms with Gasteiger partial charge in [0.2, 0.25) is 10.0 Å². The summed E-state index contributed by atoms with van der Waals surface area (Å²) in [4.78, 5) is 11.3. The van der Waals surface area contributed by atoms with Gasteiger partial charge in [-0.05, 0) is 26.7 Å². The lowest BCUT2D eigenvalue weighted by molar-refractivity contribution is -0.141. The zero-order chi connectivity index (χ0) is 15.1. The van der Waals surface area contributed by atoms with E-state index in [-0.39, 0.29) is 4.90 Å². The molecule has 1 heterocycles. The van der Waals surface area contributed by atoms with E-state index in [0.29, 0.717) is 24.2 Å². The van der Waals surface area contributed by atoms with Crippen molar-refractivity contribution < 1.29 is 18.3 Å². The smallest absolute Gasteiger partial charge is 0.308 e. The van der Waals surface area contributed by atoms with Gasteiger partial charge in [0.15, 0.2) is 0 Å². The predicted molar refractivity (Wildman–Crippen MR) is 71.8 cm³/mol. The minimum Gasteiger partial charge on any atom is -0.481 e. The number of carboxylic acids is 1. The van der Waals surface area contributed by atoms with Crippen LogP contribution in [0.2, 0.25) is 0 Å². The number of aromatic nitrogens is 2. The minimum absolute atomic E-state index is 0.149. The van der Waals surface area contributed by atoms with Crippen molar-refractivity contribution in [2.45, 2.75) is 44.0 Å². The molecule has 2 atom stereocenters. The second-order valence-corrected chi connectivity index (χ2v) is 6.88. The van der Waals surface area contributed by atoms with Gasteiger partial charge in [-0.3, -0.25) is 9.48 Å². The lowest BCUT2D eigenvalue weighted by atomic mass is 10.1. The Kier molecular flexibility index (Phi) is 3.88. The van der Waals surface area contributed by atoms with Crippen LogP contribution in [-0.4, -0.2) is 35.3 Å². The van der Waals surface area contributed by atoms with E-state index in [4.69, 9.17) is 5.11 Å². The molecule has 0 radical (unpaired) electrons. The molecule has 112 valence electrons. The number of aryl methyl sites for hydroxylation is 2. The van der Waals surface area contributed by atoms with E-state index >= 15 is 0 Å². The van der Waals surface area contributed by atoms with Gasteiger partial charge >= 0.3 is 5.97 Å². The maximum atomic E-state index is 12.5. The molecule has 0 spiro atoms. The monoisotopic (exact) mass is 301 g/mol. The highest BCUT2D eigenvalue weighted by Crippen LogP contribution is 2.28. The van der Waals surface area contributed by atoms with Gasteiger partial charge in [0.1, 0.15) is 4.90 Å². The third-order valence-electron chi connectivity index (χ3n) is 3.85. The first-order valence-corrected chi connectivity index (χ1v) is 7.97. The molecule has 0 saturated heterocycles. The van der Waals surface area contributed by atoms with Crippen LogP contribution >= 0.6 is 0 Å². The van der Waals surface area contributed by atoms with Gasteiger partial charge < -0.3 is 5.11 Å². The summed E-state index contributed by atoms with van der Waals surface area (Å²) in [5.41, 5.74) is 0.960. The van der Waals surface area contributed by atoms with Gasteiger partial charge in [0.25, 0.3) is 0 Å². The number of aliphatic carboxylic acids is 1. The van der Waals surface area contributed by atoms with E-state index in [1.807, 2.05) is 0 Å². The van der Waals surface area contributed by atoms with E-state index in [1.54, 1.807) is 20.9 Å². The van der Waals surface area contributed by atoms with Crippen molar-refractivity contribution in [3.63, 3.8) is 0 Å². The number of rotatable bonds is 4. The van der Waals surface area contributed by atoms with Crippen molar-refractivity contribution in [1.82, 2.24) is 14.5 Å². The number of nitrogens with one attached hydrogen (secondary N) is 1. The van der Waals surface area contributed by atoms with Crippen LogP contribution < -0.4 is 4.72 Å². The summed E-state index contributed by atoms with van der Waals surface area (Å²) in [5.74, 6) is -1.60. The zero-order valence-corrected chi connectivity index (χ0v) is 12.6. The molecule has 2 unspecified atom stereocenters. The van der Waals surface area contributed by atoms with Crippen molar-refractivity contribution >= 4 is 16.0 Å². The fourth-order valence-corrected chi connectivity index (χ4v) is 4.55. The summed E-state index contributed by atoms with van der Waals surface area (Å²) in [6.45, 7) is 3.31. The summed E-state index contributed by atoms with van der Waals surface area (Å²) in [7, 11) is -2.07. The molecule has 2 rings (SSSR count). The molecule has 1 fully saturated rings. The first-order chi connectivity index (χ1) is 9.24. The van der Waals surface area contributed by atoms with E-state index in [1.165, 1.54) is 4.68 Å². The highest BCUT2D eigenvalue weighted by Gasteiger charge is 2.37. The van der Waals surface area contributed by atoms with Crippen LogP contribution in [0.1, 0.15) is 30.7 Å². The van der Waals surface area contributed by atoms with Gasteiger partial charge in [-0.1, -0.05) is 6.42 Å². The van der Waals surface area contributed by atoms with E-state index < -0.39 is 28.0 Å². The Morgan fingerprint density at radius 2 is 2.05 bits per heavy atom. The zero-order valence-electron chi connectivity index (χ0n) is 11.8. The molecular weight excluding hydrogens is 282 g/mol. The average molecular weight is 301 g/mol. The van der Waals surface area contributed by atoms with Gasteiger partial charge in [0.05, 0.1) is 17.3 Å². The quantitative estimate of drug-likeness (QED) is 0.846. The fraction of sp³-hybridized carbons (Fsp3) is 0.667. The highest BCUT2D eigenvalue weighted by molar-refractivity contribution is 7.89. The molecule has 1 saturated carbocycles. The summed E-state index contributed by atoms with van der Waals surface area (Å²) in [6, 6.07) is -0.545. The van der Waals surface area contributed by atoms with Crippen molar-refractivity contribution in [2.24, 2.45) is 13.0 Å². The number of sulfonamides is 1. The molecular formula is C12H19N3O4S. The second kappa shape index (κ2) is 5.17. The Morgan fingerprint density at radius 1 is 1.40 bits per heavy atom.